The Bertz CT molecular complexity index is 618. The fraction of sp³-hybridized carbons (Fsp3) is 0.267. The van der Waals surface area contributed by atoms with E-state index < -0.39 is 0 Å². The topological polar surface area (TPSA) is 62.9 Å². The summed E-state index contributed by atoms with van der Waals surface area (Å²) in [6.45, 7) is 2.19. The maximum Gasteiger partial charge on any atom is 0.257 e. The van der Waals surface area contributed by atoms with Gasteiger partial charge in [-0.15, -0.1) is 0 Å². The average Bonchev–Trinajstić information content (AvgIpc) is 2.83. The molecular weight excluding hydrogens is 258 g/mol. The second-order valence-electron chi connectivity index (χ2n) is 4.56. The minimum Gasteiger partial charge on any atom is -0.507 e. The molecule has 0 atom stereocenters. The number of aromatic hydroxyl groups is 1. The second-order valence-corrected chi connectivity index (χ2v) is 4.56. The average molecular weight is 275 g/mol. The van der Waals surface area contributed by atoms with Gasteiger partial charge < -0.3 is 19.2 Å². The van der Waals surface area contributed by atoms with E-state index in [-0.39, 0.29) is 17.2 Å². The van der Waals surface area contributed by atoms with Crippen molar-refractivity contribution in [2.75, 3.05) is 14.2 Å². The van der Waals surface area contributed by atoms with Crippen molar-refractivity contribution in [3.05, 3.63) is 47.4 Å². The third kappa shape index (κ3) is 2.93. The van der Waals surface area contributed by atoms with E-state index in [1.807, 2.05) is 19.1 Å². The normalized spacial score (nSPS) is 10.3. The van der Waals surface area contributed by atoms with Gasteiger partial charge in [-0.3, -0.25) is 4.79 Å². The summed E-state index contributed by atoms with van der Waals surface area (Å²) in [7, 11) is 3.16. The van der Waals surface area contributed by atoms with Crippen molar-refractivity contribution in [3.63, 3.8) is 0 Å². The number of rotatable bonds is 4. The van der Waals surface area contributed by atoms with E-state index >= 15 is 0 Å². The number of amides is 1. The van der Waals surface area contributed by atoms with Crippen molar-refractivity contribution in [3.8, 4) is 11.5 Å². The zero-order valence-electron chi connectivity index (χ0n) is 11.7. The van der Waals surface area contributed by atoms with Gasteiger partial charge in [0.2, 0.25) is 0 Å². The molecule has 0 saturated heterocycles. The van der Waals surface area contributed by atoms with E-state index in [0.29, 0.717) is 18.1 Å². The Kier molecular flexibility index (Phi) is 3.98. The Hall–Kier alpha value is -2.43. The zero-order valence-corrected chi connectivity index (χ0v) is 11.7. The van der Waals surface area contributed by atoms with Gasteiger partial charge in [-0.25, -0.2) is 0 Å². The number of carbonyl (C=O) groups is 1. The van der Waals surface area contributed by atoms with E-state index in [9.17, 15) is 9.90 Å². The van der Waals surface area contributed by atoms with Crippen LogP contribution in [0.1, 0.15) is 21.9 Å². The molecule has 1 heterocycles. The summed E-state index contributed by atoms with van der Waals surface area (Å²) in [5, 5.41) is 9.86. The molecule has 1 N–H and O–H groups in total. The van der Waals surface area contributed by atoms with Crippen LogP contribution < -0.4 is 4.74 Å². The van der Waals surface area contributed by atoms with E-state index in [1.54, 1.807) is 19.2 Å². The molecule has 2 aromatic rings. The summed E-state index contributed by atoms with van der Waals surface area (Å²) in [5.41, 5.74) is 0.233. The van der Waals surface area contributed by atoms with Gasteiger partial charge in [-0.1, -0.05) is 0 Å². The standard InChI is InChI=1S/C15H17NO4/c1-10-4-5-12(20-10)9-16(2)15(18)13-7-6-11(19-3)8-14(13)17/h4-8,17H,9H2,1-3H3. The number of methoxy groups -OCH3 is 1. The van der Waals surface area contributed by atoms with Crippen LogP contribution in [-0.4, -0.2) is 30.1 Å². The summed E-state index contributed by atoms with van der Waals surface area (Å²) in [4.78, 5) is 13.7. The number of hydrogen-bond donors (Lipinski definition) is 1. The predicted octanol–water partition coefficient (Wildman–Crippen LogP) is 2.57. The number of furan rings is 1. The summed E-state index contributed by atoms with van der Waals surface area (Å²) in [5.74, 6) is 1.62. The first-order chi connectivity index (χ1) is 9.51. The van der Waals surface area contributed by atoms with Gasteiger partial charge in [0.05, 0.1) is 19.2 Å². The molecule has 20 heavy (non-hydrogen) atoms. The molecule has 2 rings (SSSR count). The maximum absolute atomic E-state index is 12.3. The van der Waals surface area contributed by atoms with Crippen molar-refractivity contribution >= 4 is 5.91 Å². The van der Waals surface area contributed by atoms with Gasteiger partial charge in [0.25, 0.3) is 5.91 Å². The van der Waals surface area contributed by atoms with Crippen molar-refractivity contribution < 1.29 is 19.1 Å². The number of phenols is 1. The van der Waals surface area contributed by atoms with Crippen LogP contribution in [0.4, 0.5) is 0 Å². The number of phenolic OH excluding ortho intramolecular Hbond substituents is 1. The quantitative estimate of drug-likeness (QED) is 0.931. The molecule has 0 aliphatic carbocycles. The lowest BCUT2D eigenvalue weighted by molar-refractivity contribution is 0.0772. The molecule has 0 saturated carbocycles. The molecule has 0 fully saturated rings. The molecular formula is C15H17NO4. The minimum atomic E-state index is -0.279. The lowest BCUT2D eigenvalue weighted by Gasteiger charge is -2.16. The molecule has 0 radical (unpaired) electrons. The maximum atomic E-state index is 12.3. The molecule has 0 bridgehead atoms. The number of aryl methyl sites for hydroxylation is 1. The fourth-order valence-electron chi connectivity index (χ4n) is 1.90. The first-order valence-electron chi connectivity index (χ1n) is 6.19. The number of ether oxygens (including phenoxy) is 1. The van der Waals surface area contributed by atoms with Gasteiger partial charge in [0, 0.05) is 13.1 Å². The SMILES string of the molecule is COc1ccc(C(=O)N(C)Cc2ccc(C)o2)c(O)c1. The zero-order chi connectivity index (χ0) is 14.7. The highest BCUT2D eigenvalue weighted by molar-refractivity contribution is 5.96. The van der Waals surface area contributed by atoms with Gasteiger partial charge in [-0.2, -0.15) is 0 Å². The summed E-state index contributed by atoms with van der Waals surface area (Å²) >= 11 is 0. The Morgan fingerprint density at radius 3 is 2.65 bits per heavy atom. The highest BCUT2D eigenvalue weighted by atomic mass is 16.5. The van der Waals surface area contributed by atoms with Crippen molar-refractivity contribution in [1.82, 2.24) is 4.90 Å². The molecule has 1 aromatic carbocycles. The molecule has 5 heteroatoms. The van der Waals surface area contributed by atoms with E-state index in [2.05, 4.69) is 0 Å². The Balaban J connectivity index is 2.14. The Morgan fingerprint density at radius 2 is 2.10 bits per heavy atom. The van der Waals surface area contributed by atoms with Gasteiger partial charge in [0.1, 0.15) is 23.0 Å². The van der Waals surface area contributed by atoms with Crippen LogP contribution in [0.5, 0.6) is 11.5 Å². The number of benzene rings is 1. The van der Waals surface area contributed by atoms with Crippen LogP contribution in [0.15, 0.2) is 34.7 Å². The lowest BCUT2D eigenvalue weighted by atomic mass is 10.1. The van der Waals surface area contributed by atoms with Crippen LogP contribution in [0.2, 0.25) is 0 Å². The van der Waals surface area contributed by atoms with Crippen molar-refractivity contribution in [1.29, 1.82) is 0 Å². The van der Waals surface area contributed by atoms with E-state index in [0.717, 1.165) is 5.76 Å². The third-order valence-corrected chi connectivity index (χ3v) is 2.97. The summed E-state index contributed by atoms with van der Waals surface area (Å²) in [6.07, 6.45) is 0. The third-order valence-electron chi connectivity index (χ3n) is 2.97. The first-order valence-corrected chi connectivity index (χ1v) is 6.19. The Morgan fingerprint density at radius 1 is 1.35 bits per heavy atom. The van der Waals surface area contributed by atoms with E-state index in [1.165, 1.54) is 18.1 Å². The minimum absolute atomic E-state index is 0.100. The van der Waals surface area contributed by atoms with Crippen LogP contribution in [-0.2, 0) is 6.54 Å². The molecule has 106 valence electrons. The number of carbonyl (C=O) groups excluding carboxylic acids is 1. The van der Waals surface area contributed by atoms with Gasteiger partial charge in [-0.05, 0) is 31.2 Å². The predicted molar refractivity (Wildman–Crippen MR) is 73.9 cm³/mol. The molecule has 0 spiro atoms. The molecule has 5 nitrogen and oxygen atoms in total. The lowest BCUT2D eigenvalue weighted by Crippen LogP contribution is -2.26. The van der Waals surface area contributed by atoms with Gasteiger partial charge >= 0.3 is 0 Å². The molecule has 0 aliphatic rings. The van der Waals surface area contributed by atoms with Crippen LogP contribution in [0.3, 0.4) is 0 Å². The van der Waals surface area contributed by atoms with Crippen LogP contribution in [0, 0.1) is 6.92 Å². The first kappa shape index (κ1) is 14.0. The van der Waals surface area contributed by atoms with Crippen LogP contribution >= 0.6 is 0 Å². The summed E-state index contributed by atoms with van der Waals surface area (Å²) in [6, 6.07) is 8.27. The largest absolute Gasteiger partial charge is 0.507 e. The monoisotopic (exact) mass is 275 g/mol. The molecule has 0 unspecified atom stereocenters. The summed E-state index contributed by atoms with van der Waals surface area (Å²) < 4.78 is 10.4. The fourth-order valence-corrected chi connectivity index (χ4v) is 1.90. The van der Waals surface area contributed by atoms with Crippen molar-refractivity contribution in [2.24, 2.45) is 0 Å². The number of nitrogens with zero attached hydrogens (tertiary/aromatic N) is 1. The van der Waals surface area contributed by atoms with Gasteiger partial charge in [0.15, 0.2) is 0 Å². The molecule has 1 amide bonds. The highest BCUT2D eigenvalue weighted by Crippen LogP contribution is 2.24. The molecule has 0 aliphatic heterocycles. The van der Waals surface area contributed by atoms with Crippen molar-refractivity contribution in [2.45, 2.75) is 13.5 Å². The Labute approximate surface area is 117 Å². The smallest absolute Gasteiger partial charge is 0.257 e. The second kappa shape index (κ2) is 5.69. The highest BCUT2D eigenvalue weighted by Gasteiger charge is 2.17. The van der Waals surface area contributed by atoms with Crippen LogP contribution in [0.25, 0.3) is 0 Å². The number of hydrogen-bond acceptors (Lipinski definition) is 4. The molecule has 1 aromatic heterocycles. The van der Waals surface area contributed by atoms with E-state index in [4.69, 9.17) is 9.15 Å².